The van der Waals surface area contributed by atoms with Gasteiger partial charge in [-0.05, 0) is 24.1 Å². The Morgan fingerprint density at radius 2 is 1.92 bits per heavy atom. The molecule has 0 spiro atoms. The summed E-state index contributed by atoms with van der Waals surface area (Å²) in [7, 11) is 1.29. The van der Waals surface area contributed by atoms with E-state index in [1.807, 2.05) is 0 Å². The summed E-state index contributed by atoms with van der Waals surface area (Å²) in [6, 6.07) is 6.62. The van der Waals surface area contributed by atoms with Gasteiger partial charge in [-0.25, -0.2) is 9.78 Å². The number of Topliss-reactive ketones (excluding diaryl/α,β-unsaturated/α-hetero) is 1. The van der Waals surface area contributed by atoms with Crippen LogP contribution in [0.5, 0.6) is 0 Å². The molecule has 1 aromatic heterocycles. The molecule has 3 rings (SSSR count). The van der Waals surface area contributed by atoms with E-state index >= 15 is 0 Å². The molecule has 5 nitrogen and oxygen atoms in total. The number of nitrogens with zero attached hydrogens (tertiary/aromatic N) is 2. The number of methoxy groups -OCH3 is 1. The zero-order valence-electron chi connectivity index (χ0n) is 14.2. The second kappa shape index (κ2) is 6.72. The van der Waals surface area contributed by atoms with Crippen molar-refractivity contribution in [1.82, 2.24) is 4.98 Å². The zero-order valence-corrected chi connectivity index (χ0v) is 15.0. The van der Waals surface area contributed by atoms with E-state index in [4.69, 9.17) is 4.74 Å². The van der Waals surface area contributed by atoms with Crippen molar-refractivity contribution in [3.05, 3.63) is 63.6 Å². The molecule has 0 aliphatic carbocycles. The van der Waals surface area contributed by atoms with E-state index in [-0.39, 0.29) is 16.9 Å². The molecule has 0 radical (unpaired) electrons. The maximum Gasteiger partial charge on any atom is 0.338 e. The zero-order chi connectivity index (χ0) is 18.0. The molecule has 25 heavy (non-hydrogen) atoms. The minimum absolute atomic E-state index is 0.227. The molecule has 0 fully saturated rings. The number of aromatic nitrogens is 1. The average molecular weight is 354 g/mol. The van der Waals surface area contributed by atoms with Crippen LogP contribution in [0.3, 0.4) is 0 Å². The number of esters is 1. The van der Waals surface area contributed by atoms with Gasteiger partial charge in [0.2, 0.25) is 5.78 Å². The molecule has 0 saturated heterocycles. The van der Waals surface area contributed by atoms with Gasteiger partial charge in [-0.2, -0.15) is 0 Å². The number of ether oxygens (including phenoxy) is 1. The Morgan fingerprint density at radius 3 is 2.48 bits per heavy atom. The van der Waals surface area contributed by atoms with Gasteiger partial charge in [0.15, 0.2) is 5.54 Å². The second-order valence-electron chi connectivity index (χ2n) is 5.99. The average Bonchev–Trinajstić information content (AvgIpc) is 3.30. The summed E-state index contributed by atoms with van der Waals surface area (Å²) < 4.78 is 4.80. The lowest BCUT2D eigenvalue weighted by Crippen LogP contribution is -2.32. The van der Waals surface area contributed by atoms with Crippen molar-refractivity contribution in [3.8, 4) is 0 Å². The third-order valence-corrected chi connectivity index (χ3v) is 5.47. The molecule has 1 aliphatic rings. The van der Waals surface area contributed by atoms with Gasteiger partial charge in [-0.1, -0.05) is 32.0 Å². The summed E-state index contributed by atoms with van der Waals surface area (Å²) in [6.45, 7) is 4.15. The summed E-state index contributed by atoms with van der Waals surface area (Å²) >= 11 is 1.47. The Kier molecular flexibility index (Phi) is 4.63. The summed E-state index contributed by atoms with van der Waals surface area (Å²) in [5.41, 5.74) is -0.716. The number of benzene rings is 1. The molecule has 1 aromatic carbocycles. The van der Waals surface area contributed by atoms with E-state index in [9.17, 15) is 9.59 Å². The van der Waals surface area contributed by atoms with E-state index in [2.05, 4.69) is 23.8 Å². The molecular weight excluding hydrogens is 336 g/mol. The predicted octanol–water partition coefficient (Wildman–Crippen LogP) is 3.77. The van der Waals surface area contributed by atoms with Crippen molar-refractivity contribution >= 4 is 29.3 Å². The van der Waals surface area contributed by atoms with Crippen LogP contribution < -0.4 is 0 Å². The number of aliphatic imine (C=N–C) groups is 1. The molecule has 1 atom stereocenters. The van der Waals surface area contributed by atoms with Gasteiger partial charge < -0.3 is 4.74 Å². The molecule has 0 amide bonds. The smallest absolute Gasteiger partial charge is 0.338 e. The fourth-order valence-corrected chi connectivity index (χ4v) is 3.69. The highest BCUT2D eigenvalue weighted by Crippen LogP contribution is 2.38. The SMILES string of the molecule is COC(=O)c1ccccc1C(=O)C1(c2ncc(C(C)C)s2)C=CC=N1. The third-order valence-electron chi connectivity index (χ3n) is 4.04. The van der Waals surface area contributed by atoms with Gasteiger partial charge in [0.05, 0.1) is 12.7 Å². The first-order chi connectivity index (χ1) is 12.0. The highest BCUT2D eigenvalue weighted by molar-refractivity contribution is 7.12. The Bertz CT molecular complexity index is 868. The van der Waals surface area contributed by atoms with Gasteiger partial charge in [0, 0.05) is 22.9 Å². The van der Waals surface area contributed by atoms with E-state index in [0.717, 1.165) is 4.88 Å². The van der Waals surface area contributed by atoms with E-state index in [1.54, 1.807) is 48.8 Å². The normalized spacial score (nSPS) is 18.7. The van der Waals surface area contributed by atoms with Crippen LogP contribution in [0, 0.1) is 0 Å². The Balaban J connectivity index is 2.11. The fraction of sp³-hybridized carbons (Fsp3) is 0.263. The fourth-order valence-electron chi connectivity index (χ4n) is 2.65. The quantitative estimate of drug-likeness (QED) is 0.605. The maximum absolute atomic E-state index is 13.4. The van der Waals surface area contributed by atoms with Crippen LogP contribution >= 0.6 is 11.3 Å². The van der Waals surface area contributed by atoms with Crippen molar-refractivity contribution in [2.45, 2.75) is 25.3 Å². The van der Waals surface area contributed by atoms with Crippen molar-refractivity contribution in [1.29, 1.82) is 0 Å². The van der Waals surface area contributed by atoms with Crippen LogP contribution in [0.15, 0.2) is 47.6 Å². The number of carbonyl (C=O) groups excluding carboxylic acids is 2. The number of hydrogen-bond acceptors (Lipinski definition) is 6. The van der Waals surface area contributed by atoms with E-state index in [0.29, 0.717) is 10.9 Å². The Hall–Kier alpha value is -2.60. The maximum atomic E-state index is 13.4. The van der Waals surface area contributed by atoms with Gasteiger partial charge in [-0.3, -0.25) is 9.79 Å². The first-order valence-electron chi connectivity index (χ1n) is 7.91. The second-order valence-corrected chi connectivity index (χ2v) is 7.05. The van der Waals surface area contributed by atoms with Crippen molar-refractivity contribution < 1.29 is 14.3 Å². The number of carbonyl (C=O) groups is 2. The number of rotatable bonds is 5. The molecule has 0 bridgehead atoms. The van der Waals surface area contributed by atoms with Crippen LogP contribution in [0.25, 0.3) is 0 Å². The molecule has 128 valence electrons. The molecule has 2 heterocycles. The number of allylic oxidation sites excluding steroid dienone is 1. The van der Waals surface area contributed by atoms with Crippen LogP contribution in [0.2, 0.25) is 0 Å². The minimum Gasteiger partial charge on any atom is -0.465 e. The van der Waals surface area contributed by atoms with Gasteiger partial charge in [-0.15, -0.1) is 11.3 Å². The summed E-state index contributed by atoms with van der Waals surface area (Å²) in [5.74, 6) is -0.523. The molecule has 0 saturated carbocycles. The van der Waals surface area contributed by atoms with E-state index in [1.165, 1.54) is 18.4 Å². The molecule has 2 aromatic rings. The van der Waals surface area contributed by atoms with Gasteiger partial charge in [0.25, 0.3) is 0 Å². The van der Waals surface area contributed by atoms with Crippen LogP contribution in [-0.2, 0) is 10.3 Å². The van der Waals surface area contributed by atoms with Gasteiger partial charge >= 0.3 is 5.97 Å². The van der Waals surface area contributed by atoms with E-state index < -0.39 is 11.5 Å². The van der Waals surface area contributed by atoms with Crippen LogP contribution in [-0.4, -0.2) is 30.1 Å². The lowest BCUT2D eigenvalue weighted by Gasteiger charge is -2.21. The highest BCUT2D eigenvalue weighted by atomic mass is 32.1. The summed E-state index contributed by atoms with van der Waals surface area (Å²) in [6.07, 6.45) is 6.84. The van der Waals surface area contributed by atoms with Crippen molar-refractivity contribution in [2.75, 3.05) is 7.11 Å². The molecular formula is C19H18N2O3S. The standard InChI is InChI=1S/C19H18N2O3S/c1-12(2)15-11-20-18(25-15)19(9-6-10-21-19)16(22)13-7-4-5-8-14(13)17(23)24-3/h4-12H,1-3H3. The molecule has 1 unspecified atom stereocenters. The first-order valence-corrected chi connectivity index (χ1v) is 8.72. The van der Waals surface area contributed by atoms with Crippen LogP contribution in [0.1, 0.15) is 50.4 Å². The van der Waals surface area contributed by atoms with Crippen LogP contribution in [0.4, 0.5) is 0 Å². The topological polar surface area (TPSA) is 68.6 Å². The number of thiazole rings is 1. The first kappa shape index (κ1) is 17.2. The Morgan fingerprint density at radius 1 is 1.20 bits per heavy atom. The summed E-state index contributed by atoms with van der Waals surface area (Å²) in [5, 5.41) is 0.603. The molecule has 1 aliphatic heterocycles. The number of ketones is 1. The van der Waals surface area contributed by atoms with Crippen molar-refractivity contribution in [2.24, 2.45) is 4.99 Å². The van der Waals surface area contributed by atoms with Crippen molar-refractivity contribution in [3.63, 3.8) is 0 Å². The highest BCUT2D eigenvalue weighted by Gasteiger charge is 2.43. The minimum atomic E-state index is -1.22. The summed E-state index contributed by atoms with van der Waals surface area (Å²) in [4.78, 5) is 35.4. The lowest BCUT2D eigenvalue weighted by atomic mass is 9.88. The molecule has 0 N–H and O–H groups in total. The predicted molar refractivity (Wildman–Crippen MR) is 97.6 cm³/mol. The Labute approximate surface area is 150 Å². The molecule has 6 heteroatoms. The monoisotopic (exact) mass is 354 g/mol. The largest absolute Gasteiger partial charge is 0.465 e. The lowest BCUT2D eigenvalue weighted by molar-refractivity contribution is 0.0596. The number of hydrogen-bond donors (Lipinski definition) is 0. The third kappa shape index (κ3) is 2.93. The van der Waals surface area contributed by atoms with Gasteiger partial charge in [0.1, 0.15) is 5.01 Å².